The monoisotopic (exact) mass is 580 g/mol. The molecule has 0 amide bonds. The summed E-state index contributed by atoms with van der Waals surface area (Å²) in [4.78, 5) is 10.3. The van der Waals surface area contributed by atoms with E-state index >= 15 is 0 Å². The molecule has 8 nitrogen and oxygen atoms in total. The number of nitrogens with one attached hydrogen (secondary N) is 1. The van der Waals surface area contributed by atoms with E-state index in [1.807, 2.05) is 0 Å². The summed E-state index contributed by atoms with van der Waals surface area (Å²) >= 11 is 5.86. The van der Waals surface area contributed by atoms with Crippen molar-refractivity contribution in [2.45, 2.75) is 53.7 Å². The third-order valence-corrected chi connectivity index (χ3v) is 9.34. The molecule has 0 spiro atoms. The number of benzene rings is 2. The van der Waals surface area contributed by atoms with Crippen LogP contribution in [0.2, 0.25) is 5.02 Å². The fourth-order valence-electron chi connectivity index (χ4n) is 3.85. The SMILES string of the molecule is O=C(O)CCC/C=C\[C@@H]1C[C@@H](NS(=O)(=O)c2ccc(C(F)(F)F)cc2)CN1S(=O)(=O)c1ccc(Cl)cc1. The Labute approximate surface area is 217 Å². The second-order valence-electron chi connectivity index (χ2n) is 8.39. The standard InChI is InChI=1S/C23H24ClF3N2O6S2/c24-17-8-12-21(13-9-17)37(34,35)29-15-18(14-19(29)4-2-1-3-5-22(30)31)28-36(32,33)20-10-6-16(7-11-20)23(25,26)27/h2,4,6-13,18-19,28H,1,3,5,14-15H2,(H,30,31)/b4-2-/t18-,19-/m1/s1. The number of alkyl halides is 3. The smallest absolute Gasteiger partial charge is 0.416 e. The van der Waals surface area contributed by atoms with Crippen molar-refractivity contribution in [2.75, 3.05) is 6.54 Å². The Hall–Kier alpha value is -2.45. The average molecular weight is 581 g/mol. The summed E-state index contributed by atoms with van der Waals surface area (Å²) in [7, 11) is -8.32. The zero-order valence-electron chi connectivity index (χ0n) is 19.2. The predicted octanol–water partition coefficient (Wildman–Crippen LogP) is 4.28. The van der Waals surface area contributed by atoms with Crippen molar-refractivity contribution in [3.05, 3.63) is 71.3 Å². The molecule has 1 aliphatic heterocycles. The first-order chi connectivity index (χ1) is 17.2. The fourth-order valence-corrected chi connectivity index (χ4v) is 6.86. The van der Waals surface area contributed by atoms with Gasteiger partial charge < -0.3 is 5.11 Å². The molecule has 0 aromatic heterocycles. The number of aliphatic carboxylic acids is 1. The summed E-state index contributed by atoms with van der Waals surface area (Å²) in [6, 6.07) is 6.83. The van der Waals surface area contributed by atoms with Crippen molar-refractivity contribution in [1.82, 2.24) is 9.03 Å². The van der Waals surface area contributed by atoms with Gasteiger partial charge in [-0.1, -0.05) is 23.8 Å². The maximum absolute atomic E-state index is 13.3. The summed E-state index contributed by atoms with van der Waals surface area (Å²) in [6.45, 7) is -0.227. The zero-order chi connectivity index (χ0) is 27.4. The van der Waals surface area contributed by atoms with Gasteiger partial charge in [0.1, 0.15) is 0 Å². The highest BCUT2D eigenvalue weighted by atomic mass is 35.5. The van der Waals surface area contributed by atoms with Gasteiger partial charge in [0.05, 0.1) is 15.4 Å². The van der Waals surface area contributed by atoms with Crippen molar-refractivity contribution < 1.29 is 39.9 Å². The number of carbonyl (C=O) groups is 1. The molecular weight excluding hydrogens is 557 g/mol. The molecule has 37 heavy (non-hydrogen) atoms. The van der Waals surface area contributed by atoms with Gasteiger partial charge in [-0.15, -0.1) is 0 Å². The van der Waals surface area contributed by atoms with Crippen LogP contribution in [0.15, 0.2) is 70.5 Å². The van der Waals surface area contributed by atoms with E-state index in [1.54, 1.807) is 12.2 Å². The topological polar surface area (TPSA) is 121 Å². The lowest BCUT2D eigenvalue weighted by Gasteiger charge is -2.22. The number of hydrogen-bond donors (Lipinski definition) is 2. The molecule has 1 fully saturated rings. The maximum atomic E-state index is 13.3. The van der Waals surface area contributed by atoms with Crippen LogP contribution in [0, 0.1) is 0 Å². The van der Waals surface area contributed by atoms with Gasteiger partial charge >= 0.3 is 12.1 Å². The number of nitrogens with zero attached hydrogens (tertiary/aromatic N) is 1. The van der Waals surface area contributed by atoms with Gasteiger partial charge in [0.25, 0.3) is 0 Å². The Morgan fingerprint density at radius 3 is 2.22 bits per heavy atom. The molecule has 14 heteroatoms. The fraction of sp³-hybridized carbons (Fsp3) is 0.348. The lowest BCUT2D eigenvalue weighted by Crippen LogP contribution is -2.39. The van der Waals surface area contributed by atoms with Gasteiger partial charge in [0, 0.05) is 30.1 Å². The number of halogens is 4. The van der Waals surface area contributed by atoms with Crippen LogP contribution >= 0.6 is 11.6 Å². The largest absolute Gasteiger partial charge is 0.481 e. The Morgan fingerprint density at radius 1 is 1.05 bits per heavy atom. The Morgan fingerprint density at radius 2 is 1.65 bits per heavy atom. The first kappa shape index (κ1) is 29.1. The molecule has 3 rings (SSSR count). The molecule has 2 aromatic carbocycles. The number of rotatable bonds is 10. The van der Waals surface area contributed by atoms with Crippen molar-refractivity contribution >= 4 is 37.6 Å². The molecule has 1 aliphatic rings. The molecule has 0 unspecified atom stereocenters. The molecule has 2 aromatic rings. The van der Waals surface area contributed by atoms with Crippen molar-refractivity contribution in [3.63, 3.8) is 0 Å². The first-order valence-corrected chi connectivity index (χ1v) is 14.4. The number of carboxylic acid groups (broad SMARTS) is 1. The van der Waals surface area contributed by atoms with Crippen LogP contribution in [-0.2, 0) is 31.0 Å². The first-order valence-electron chi connectivity index (χ1n) is 11.1. The molecule has 1 heterocycles. The number of unbranched alkanes of at least 4 members (excludes halogenated alkanes) is 1. The van der Waals surface area contributed by atoms with Crippen LogP contribution in [0.5, 0.6) is 0 Å². The minimum Gasteiger partial charge on any atom is -0.481 e. The van der Waals surface area contributed by atoms with E-state index in [0.717, 1.165) is 16.4 Å². The molecule has 202 valence electrons. The lowest BCUT2D eigenvalue weighted by molar-refractivity contribution is -0.138. The van der Waals surface area contributed by atoms with Crippen molar-refractivity contribution in [2.24, 2.45) is 0 Å². The highest BCUT2D eigenvalue weighted by molar-refractivity contribution is 7.89. The molecule has 1 saturated heterocycles. The summed E-state index contributed by atoms with van der Waals surface area (Å²) in [6.07, 6.45) is -0.681. The van der Waals surface area contributed by atoms with E-state index in [1.165, 1.54) is 24.3 Å². The molecule has 2 atom stereocenters. The molecule has 2 N–H and O–H groups in total. The van der Waals surface area contributed by atoms with Gasteiger partial charge in [-0.3, -0.25) is 4.79 Å². The maximum Gasteiger partial charge on any atom is 0.416 e. The third kappa shape index (κ3) is 7.54. The minimum atomic E-state index is -4.62. The van der Waals surface area contributed by atoms with Gasteiger partial charge in [0.2, 0.25) is 20.0 Å². The van der Waals surface area contributed by atoms with E-state index in [-0.39, 0.29) is 29.2 Å². The van der Waals surface area contributed by atoms with E-state index in [0.29, 0.717) is 30.0 Å². The van der Waals surface area contributed by atoms with Crippen LogP contribution in [0.3, 0.4) is 0 Å². The molecule has 0 saturated carbocycles. The van der Waals surface area contributed by atoms with Crippen LogP contribution in [-0.4, -0.2) is 50.8 Å². The van der Waals surface area contributed by atoms with Gasteiger partial charge in [-0.05, 0) is 67.8 Å². The number of sulfonamides is 2. The lowest BCUT2D eigenvalue weighted by atomic mass is 10.1. The Balaban J connectivity index is 1.82. The summed E-state index contributed by atoms with van der Waals surface area (Å²) in [5, 5.41) is 9.10. The second-order valence-corrected chi connectivity index (χ2v) is 12.4. The van der Waals surface area contributed by atoms with Crippen LogP contribution in [0.4, 0.5) is 13.2 Å². The zero-order valence-corrected chi connectivity index (χ0v) is 21.6. The van der Waals surface area contributed by atoms with Gasteiger partial charge in [-0.2, -0.15) is 17.5 Å². The van der Waals surface area contributed by atoms with Gasteiger partial charge in [0.15, 0.2) is 0 Å². The normalized spacial score (nSPS) is 19.5. The predicted molar refractivity (Wildman–Crippen MR) is 130 cm³/mol. The summed E-state index contributed by atoms with van der Waals surface area (Å²) in [5.41, 5.74) is -0.999. The second kappa shape index (κ2) is 11.5. The van der Waals surface area contributed by atoms with Gasteiger partial charge in [-0.25, -0.2) is 21.6 Å². The van der Waals surface area contributed by atoms with Crippen molar-refractivity contribution in [3.8, 4) is 0 Å². The third-order valence-electron chi connectivity index (χ3n) is 5.65. The average Bonchev–Trinajstić information content (AvgIpc) is 3.21. The molecule has 0 bridgehead atoms. The van der Waals surface area contributed by atoms with E-state index in [4.69, 9.17) is 16.7 Å². The summed E-state index contributed by atoms with van der Waals surface area (Å²) in [5.74, 6) is -0.959. The quantitative estimate of drug-likeness (QED) is 0.320. The molecular formula is C23H24ClF3N2O6S2. The van der Waals surface area contributed by atoms with Crippen LogP contribution < -0.4 is 4.72 Å². The minimum absolute atomic E-state index is 0.0487. The number of carboxylic acids is 1. The number of hydrogen-bond acceptors (Lipinski definition) is 5. The summed E-state index contributed by atoms with van der Waals surface area (Å²) < 4.78 is 94.3. The van der Waals surface area contributed by atoms with E-state index in [9.17, 15) is 34.8 Å². The van der Waals surface area contributed by atoms with Crippen molar-refractivity contribution in [1.29, 1.82) is 0 Å². The molecule has 0 radical (unpaired) electrons. The Kier molecular flexibility index (Phi) is 9.06. The highest BCUT2D eigenvalue weighted by Crippen LogP contribution is 2.31. The van der Waals surface area contributed by atoms with Crippen LogP contribution in [0.25, 0.3) is 0 Å². The Bertz CT molecular complexity index is 1350. The van der Waals surface area contributed by atoms with E-state index in [2.05, 4.69) is 4.72 Å². The molecule has 0 aliphatic carbocycles. The highest BCUT2D eigenvalue weighted by Gasteiger charge is 2.40. The number of allylic oxidation sites excluding steroid dienone is 1. The van der Waals surface area contributed by atoms with Crippen LogP contribution in [0.1, 0.15) is 31.2 Å². The van der Waals surface area contributed by atoms with E-state index < -0.39 is 49.8 Å².